The Morgan fingerprint density at radius 1 is 1.38 bits per heavy atom. The molecule has 2 N–H and O–H groups in total. The smallest absolute Gasteiger partial charge is 0.205 e. The number of aromatic nitrogens is 1. The van der Waals surface area contributed by atoms with E-state index in [0.717, 1.165) is 11.6 Å². The van der Waals surface area contributed by atoms with Crippen molar-refractivity contribution in [3.63, 3.8) is 0 Å². The lowest BCUT2D eigenvalue weighted by Gasteiger charge is -2.13. The summed E-state index contributed by atoms with van der Waals surface area (Å²) in [5.74, 6) is -0.493. The van der Waals surface area contributed by atoms with Crippen molar-refractivity contribution in [1.29, 1.82) is 5.26 Å². The van der Waals surface area contributed by atoms with Crippen LogP contribution in [0.15, 0.2) is 41.4 Å². The minimum absolute atomic E-state index is 0.0208. The van der Waals surface area contributed by atoms with E-state index in [0.29, 0.717) is 15.3 Å². The molecular weight excluding hydrogens is 353 g/mol. The largest absolute Gasteiger partial charge is 0.588 e. The highest BCUT2D eigenvalue weighted by Gasteiger charge is 2.21. The lowest BCUT2D eigenvalue weighted by Crippen LogP contribution is -2.14. The van der Waals surface area contributed by atoms with E-state index in [4.69, 9.17) is 21.6 Å². The van der Waals surface area contributed by atoms with E-state index < -0.39 is 17.2 Å². The number of anilines is 1. The molecule has 0 spiro atoms. The van der Waals surface area contributed by atoms with Crippen molar-refractivity contribution in [3.05, 3.63) is 52.9 Å². The number of fused-ring (bicyclic) bond motifs is 1. The minimum atomic E-state index is -1.72. The van der Waals surface area contributed by atoms with Gasteiger partial charge in [0, 0.05) is 11.1 Å². The van der Waals surface area contributed by atoms with Gasteiger partial charge in [0.15, 0.2) is 5.82 Å². The molecule has 1 heterocycles. The first kappa shape index (κ1) is 16.5. The van der Waals surface area contributed by atoms with Crippen molar-refractivity contribution in [3.8, 4) is 11.8 Å². The first-order valence-corrected chi connectivity index (χ1v) is 8.29. The van der Waals surface area contributed by atoms with Gasteiger partial charge in [-0.3, -0.25) is 0 Å². The predicted molar refractivity (Wildman–Crippen MR) is 91.0 cm³/mol. The van der Waals surface area contributed by atoms with E-state index in [9.17, 15) is 8.94 Å². The molecule has 0 radical (unpaired) electrons. The second-order valence-electron chi connectivity index (χ2n) is 4.86. The number of H-pyrrole nitrogens is 1. The van der Waals surface area contributed by atoms with E-state index in [-0.39, 0.29) is 17.0 Å². The lowest BCUT2D eigenvalue weighted by molar-refractivity contribution is 0.412. The van der Waals surface area contributed by atoms with Gasteiger partial charge in [0.25, 0.3) is 0 Å². The van der Waals surface area contributed by atoms with Gasteiger partial charge < -0.3 is 14.3 Å². The Bertz CT molecular complexity index is 954. The number of benzene rings is 2. The molecule has 0 saturated carbocycles. The third kappa shape index (κ3) is 2.99. The number of halogens is 2. The molecular formula is C16H11ClFN3O2S. The molecule has 5 nitrogen and oxygen atoms in total. The van der Waals surface area contributed by atoms with Crippen LogP contribution in [-0.4, -0.2) is 16.6 Å². The van der Waals surface area contributed by atoms with Crippen molar-refractivity contribution >= 4 is 39.6 Å². The molecule has 8 heteroatoms. The van der Waals surface area contributed by atoms with Crippen LogP contribution < -0.4 is 9.46 Å². The number of nitrogens with one attached hydrogen (secondary N) is 2. The van der Waals surface area contributed by atoms with Gasteiger partial charge >= 0.3 is 0 Å². The van der Waals surface area contributed by atoms with Crippen molar-refractivity contribution in [1.82, 2.24) is 4.98 Å². The molecule has 0 aliphatic rings. The summed E-state index contributed by atoms with van der Waals surface area (Å²) < 4.78 is 34.3. The summed E-state index contributed by atoms with van der Waals surface area (Å²) in [6, 6.07) is 9.31. The molecule has 3 aromatic rings. The van der Waals surface area contributed by atoms with Crippen LogP contribution in [0.1, 0.15) is 5.56 Å². The zero-order valence-corrected chi connectivity index (χ0v) is 14.0. The van der Waals surface area contributed by atoms with Gasteiger partial charge in [-0.05, 0) is 24.3 Å². The van der Waals surface area contributed by atoms with E-state index in [1.54, 1.807) is 24.4 Å². The van der Waals surface area contributed by atoms with Crippen LogP contribution in [0.3, 0.4) is 0 Å². The Morgan fingerprint density at radius 3 is 2.88 bits per heavy atom. The van der Waals surface area contributed by atoms with E-state index >= 15 is 0 Å². The summed E-state index contributed by atoms with van der Waals surface area (Å²) in [4.78, 5) is 3.43. The third-order valence-electron chi connectivity index (χ3n) is 3.42. The molecule has 24 heavy (non-hydrogen) atoms. The summed E-state index contributed by atoms with van der Waals surface area (Å²) in [6.07, 6.45) is 1.57. The average molecular weight is 364 g/mol. The van der Waals surface area contributed by atoms with Gasteiger partial charge in [-0.15, -0.1) is 0 Å². The van der Waals surface area contributed by atoms with Crippen LogP contribution >= 0.6 is 11.6 Å². The highest BCUT2D eigenvalue weighted by atomic mass is 35.5. The topological polar surface area (TPSA) is 83.9 Å². The van der Waals surface area contributed by atoms with Gasteiger partial charge in [-0.1, -0.05) is 11.6 Å². The fourth-order valence-corrected chi connectivity index (χ4v) is 3.45. The Labute approximate surface area is 145 Å². The highest BCUT2D eigenvalue weighted by molar-refractivity contribution is 7.93. The summed E-state index contributed by atoms with van der Waals surface area (Å²) >= 11 is 4.20. The standard InChI is InChI=1S/C16H11ClFN3O2S/c1-23-15-6-14(12(18)4-9(15)7-19)21-24(22)16-8-20-13-5-10(17)2-3-11(13)16/h2-6,8,20-21H,1H3. The van der Waals surface area contributed by atoms with Crippen LogP contribution in [0.25, 0.3) is 10.9 Å². The first-order chi connectivity index (χ1) is 11.5. The molecule has 1 atom stereocenters. The van der Waals surface area contributed by atoms with E-state index in [2.05, 4.69) is 9.71 Å². The van der Waals surface area contributed by atoms with Crippen LogP contribution in [0.2, 0.25) is 5.02 Å². The molecule has 122 valence electrons. The second-order valence-corrected chi connectivity index (χ2v) is 6.48. The molecule has 0 saturated heterocycles. The number of nitriles is 1. The number of aromatic amines is 1. The number of nitrogens with zero attached hydrogens (tertiary/aromatic N) is 1. The molecule has 2 aromatic carbocycles. The number of rotatable bonds is 4. The fraction of sp³-hybridized carbons (Fsp3) is 0.0625. The Balaban J connectivity index is 1.94. The van der Waals surface area contributed by atoms with Crippen molar-refractivity contribution in [2.75, 3.05) is 11.8 Å². The molecule has 0 aliphatic heterocycles. The van der Waals surface area contributed by atoms with Gasteiger partial charge in [0.1, 0.15) is 28.9 Å². The Kier molecular flexibility index (Phi) is 4.53. The maximum atomic E-state index is 14.1. The number of hydrogen-bond acceptors (Lipinski definition) is 4. The first-order valence-electron chi connectivity index (χ1n) is 6.76. The zero-order chi connectivity index (χ0) is 17.3. The van der Waals surface area contributed by atoms with Crippen LogP contribution in [0.5, 0.6) is 5.75 Å². The van der Waals surface area contributed by atoms with E-state index in [1.807, 2.05) is 6.07 Å². The molecule has 1 unspecified atom stereocenters. The summed E-state index contributed by atoms with van der Waals surface area (Å²) in [5, 5.41) is 10.2. The summed E-state index contributed by atoms with van der Waals surface area (Å²) in [7, 11) is 1.37. The third-order valence-corrected chi connectivity index (χ3v) is 4.80. The molecule has 0 bridgehead atoms. The lowest BCUT2D eigenvalue weighted by atomic mass is 10.2. The van der Waals surface area contributed by atoms with Crippen molar-refractivity contribution in [2.24, 2.45) is 0 Å². The maximum absolute atomic E-state index is 14.1. The maximum Gasteiger partial charge on any atom is 0.205 e. The van der Waals surface area contributed by atoms with Gasteiger partial charge in [-0.2, -0.15) is 5.26 Å². The summed E-state index contributed by atoms with van der Waals surface area (Å²) in [5.41, 5.74) is 0.770. The van der Waals surface area contributed by atoms with Crippen molar-refractivity contribution < 1.29 is 13.7 Å². The predicted octanol–water partition coefficient (Wildman–Crippen LogP) is 3.98. The monoisotopic (exact) mass is 363 g/mol. The van der Waals surface area contributed by atoms with Gasteiger partial charge in [-0.25, -0.2) is 9.11 Å². The zero-order valence-electron chi connectivity index (χ0n) is 12.4. The summed E-state index contributed by atoms with van der Waals surface area (Å²) in [6.45, 7) is 0. The molecule has 0 fully saturated rings. The minimum Gasteiger partial charge on any atom is -0.588 e. The fourth-order valence-electron chi connectivity index (χ4n) is 2.27. The van der Waals surface area contributed by atoms with Crippen molar-refractivity contribution in [2.45, 2.75) is 4.90 Å². The van der Waals surface area contributed by atoms with Gasteiger partial charge in [0.05, 0.1) is 29.8 Å². The van der Waals surface area contributed by atoms with Crippen LogP contribution in [0, 0.1) is 17.1 Å². The number of methoxy groups -OCH3 is 1. The quantitative estimate of drug-likeness (QED) is 0.687. The molecule has 3 rings (SSSR count). The molecule has 0 amide bonds. The molecule has 0 aliphatic carbocycles. The average Bonchev–Trinajstić information content (AvgIpc) is 2.99. The number of hydrogen-bond donors (Lipinski definition) is 2. The molecule has 1 aromatic heterocycles. The highest BCUT2D eigenvalue weighted by Crippen LogP contribution is 2.30. The Hall–Kier alpha value is -2.40. The normalized spacial score (nSPS) is 12.0. The van der Waals surface area contributed by atoms with Crippen LogP contribution in [0.4, 0.5) is 10.1 Å². The second kappa shape index (κ2) is 6.61. The van der Waals surface area contributed by atoms with Crippen LogP contribution in [-0.2, 0) is 11.4 Å². The number of ether oxygens (including phenoxy) is 1. The Morgan fingerprint density at radius 2 is 2.17 bits per heavy atom. The van der Waals surface area contributed by atoms with E-state index in [1.165, 1.54) is 13.2 Å². The van der Waals surface area contributed by atoms with Gasteiger partial charge in [0.2, 0.25) is 4.90 Å². The SMILES string of the molecule is COc1cc(N[S+]([O-])c2c[nH]c3cc(Cl)ccc23)c(F)cc1C#N.